The van der Waals surface area contributed by atoms with Gasteiger partial charge in [0.1, 0.15) is 0 Å². The number of thiophene rings is 1. The van der Waals surface area contributed by atoms with Crippen LogP contribution in [0.4, 0.5) is 0 Å². The van der Waals surface area contributed by atoms with Gasteiger partial charge in [-0.3, -0.25) is 0 Å². The molecule has 1 aromatic heterocycles. The van der Waals surface area contributed by atoms with Crippen LogP contribution in [0.5, 0.6) is 0 Å². The number of hydrogen-bond acceptors (Lipinski definition) is 3. The summed E-state index contributed by atoms with van der Waals surface area (Å²) < 4.78 is 0. The molecular formula is C14H24N2S. The second kappa shape index (κ2) is 5.09. The molecule has 0 aromatic carbocycles. The van der Waals surface area contributed by atoms with E-state index in [1.165, 1.54) is 16.2 Å². The standard InChI is InChI=1S/C14H24N2S/c1-10-5-6-12(17-10)11(2)16-13-7-8-15-9-14(13,3)4/h5-6,11,13,15-16H,7-9H2,1-4H3. The van der Waals surface area contributed by atoms with E-state index in [9.17, 15) is 0 Å². The molecule has 1 fully saturated rings. The van der Waals surface area contributed by atoms with Crippen molar-refractivity contribution in [3.63, 3.8) is 0 Å². The lowest BCUT2D eigenvalue weighted by atomic mass is 9.79. The minimum Gasteiger partial charge on any atom is -0.316 e. The van der Waals surface area contributed by atoms with Crippen LogP contribution >= 0.6 is 11.3 Å². The van der Waals surface area contributed by atoms with E-state index < -0.39 is 0 Å². The van der Waals surface area contributed by atoms with E-state index >= 15 is 0 Å². The fourth-order valence-corrected chi connectivity index (χ4v) is 3.44. The number of piperidine rings is 1. The predicted molar refractivity (Wildman–Crippen MR) is 75.7 cm³/mol. The monoisotopic (exact) mass is 252 g/mol. The predicted octanol–water partition coefficient (Wildman–Crippen LogP) is 3.10. The maximum Gasteiger partial charge on any atom is 0.0388 e. The van der Waals surface area contributed by atoms with E-state index in [0.717, 1.165) is 13.1 Å². The van der Waals surface area contributed by atoms with Gasteiger partial charge in [0.15, 0.2) is 0 Å². The van der Waals surface area contributed by atoms with Crippen molar-refractivity contribution in [1.82, 2.24) is 10.6 Å². The van der Waals surface area contributed by atoms with Crippen LogP contribution in [0.1, 0.15) is 43.0 Å². The average Bonchev–Trinajstić information content (AvgIpc) is 2.68. The van der Waals surface area contributed by atoms with Gasteiger partial charge in [-0.15, -0.1) is 11.3 Å². The molecule has 0 saturated carbocycles. The molecule has 1 saturated heterocycles. The summed E-state index contributed by atoms with van der Waals surface area (Å²) >= 11 is 1.91. The van der Waals surface area contributed by atoms with Crippen LogP contribution in [0.15, 0.2) is 12.1 Å². The van der Waals surface area contributed by atoms with Crippen LogP contribution in [0.2, 0.25) is 0 Å². The van der Waals surface area contributed by atoms with Crippen LogP contribution in [0.3, 0.4) is 0 Å². The summed E-state index contributed by atoms with van der Waals surface area (Å²) in [6.45, 7) is 11.4. The first-order chi connectivity index (χ1) is 7.99. The first-order valence-electron chi connectivity index (χ1n) is 6.52. The zero-order chi connectivity index (χ0) is 12.5. The fraction of sp³-hybridized carbons (Fsp3) is 0.714. The van der Waals surface area contributed by atoms with Crippen molar-refractivity contribution in [3.8, 4) is 0 Å². The third kappa shape index (κ3) is 3.09. The minimum atomic E-state index is 0.346. The summed E-state index contributed by atoms with van der Waals surface area (Å²) in [6, 6.07) is 5.55. The number of rotatable bonds is 3. The van der Waals surface area contributed by atoms with Gasteiger partial charge >= 0.3 is 0 Å². The zero-order valence-corrected chi connectivity index (χ0v) is 12.2. The van der Waals surface area contributed by atoms with Crippen molar-refractivity contribution >= 4 is 11.3 Å². The highest BCUT2D eigenvalue weighted by Crippen LogP contribution is 2.29. The lowest BCUT2D eigenvalue weighted by molar-refractivity contribution is 0.174. The Kier molecular flexibility index (Phi) is 3.91. The molecule has 0 amide bonds. The van der Waals surface area contributed by atoms with Crippen LogP contribution in [-0.4, -0.2) is 19.1 Å². The van der Waals surface area contributed by atoms with Crippen molar-refractivity contribution in [3.05, 3.63) is 21.9 Å². The SMILES string of the molecule is Cc1ccc(C(C)NC2CCNCC2(C)C)s1. The first kappa shape index (κ1) is 13.1. The first-order valence-corrected chi connectivity index (χ1v) is 7.34. The van der Waals surface area contributed by atoms with Gasteiger partial charge in [-0.05, 0) is 44.4 Å². The van der Waals surface area contributed by atoms with Gasteiger partial charge < -0.3 is 10.6 Å². The van der Waals surface area contributed by atoms with E-state index in [2.05, 4.69) is 50.5 Å². The van der Waals surface area contributed by atoms with E-state index in [4.69, 9.17) is 0 Å². The average molecular weight is 252 g/mol. The summed E-state index contributed by atoms with van der Waals surface area (Å²) in [5, 5.41) is 7.29. The molecule has 1 aliphatic rings. The summed E-state index contributed by atoms with van der Waals surface area (Å²) in [4.78, 5) is 2.86. The quantitative estimate of drug-likeness (QED) is 0.864. The number of aryl methyl sites for hydroxylation is 1. The Hall–Kier alpha value is -0.380. The Labute approximate surface area is 109 Å². The van der Waals surface area contributed by atoms with Crippen LogP contribution < -0.4 is 10.6 Å². The maximum atomic E-state index is 3.81. The highest BCUT2D eigenvalue weighted by Gasteiger charge is 2.32. The smallest absolute Gasteiger partial charge is 0.0388 e. The molecule has 0 radical (unpaired) electrons. The summed E-state index contributed by atoms with van der Waals surface area (Å²) in [6.07, 6.45) is 1.22. The largest absolute Gasteiger partial charge is 0.316 e. The molecule has 2 unspecified atom stereocenters. The van der Waals surface area contributed by atoms with Crippen molar-refractivity contribution in [2.45, 2.75) is 46.2 Å². The number of hydrogen-bond donors (Lipinski definition) is 2. The molecule has 1 aromatic rings. The van der Waals surface area contributed by atoms with Gasteiger partial charge in [0.2, 0.25) is 0 Å². The molecule has 2 nitrogen and oxygen atoms in total. The second-order valence-corrected chi connectivity index (χ2v) is 7.16. The lowest BCUT2D eigenvalue weighted by Crippen LogP contribution is -2.53. The van der Waals surface area contributed by atoms with Crippen molar-refractivity contribution in [2.75, 3.05) is 13.1 Å². The summed E-state index contributed by atoms with van der Waals surface area (Å²) in [7, 11) is 0. The summed E-state index contributed by atoms with van der Waals surface area (Å²) in [5.74, 6) is 0. The fourth-order valence-electron chi connectivity index (χ4n) is 2.55. The van der Waals surface area contributed by atoms with Crippen LogP contribution in [-0.2, 0) is 0 Å². The van der Waals surface area contributed by atoms with Gasteiger partial charge in [-0.2, -0.15) is 0 Å². The lowest BCUT2D eigenvalue weighted by Gasteiger charge is -2.41. The van der Waals surface area contributed by atoms with Crippen molar-refractivity contribution in [1.29, 1.82) is 0 Å². The third-order valence-corrected chi connectivity index (χ3v) is 4.96. The molecule has 0 bridgehead atoms. The topological polar surface area (TPSA) is 24.1 Å². The molecule has 2 heterocycles. The molecule has 2 atom stereocenters. The Morgan fingerprint density at radius 2 is 2.24 bits per heavy atom. The summed E-state index contributed by atoms with van der Waals surface area (Å²) in [5.41, 5.74) is 0.346. The van der Waals surface area contributed by atoms with Gasteiger partial charge in [0, 0.05) is 28.4 Å². The van der Waals surface area contributed by atoms with E-state index in [-0.39, 0.29) is 0 Å². The van der Waals surface area contributed by atoms with Gasteiger partial charge in [-0.25, -0.2) is 0 Å². The van der Waals surface area contributed by atoms with Crippen LogP contribution in [0.25, 0.3) is 0 Å². The van der Waals surface area contributed by atoms with Crippen LogP contribution in [0, 0.1) is 12.3 Å². The molecule has 0 spiro atoms. The Balaban J connectivity index is 2.00. The Morgan fingerprint density at radius 1 is 1.47 bits per heavy atom. The minimum absolute atomic E-state index is 0.346. The van der Waals surface area contributed by atoms with Gasteiger partial charge in [-0.1, -0.05) is 13.8 Å². The Morgan fingerprint density at radius 3 is 2.82 bits per heavy atom. The molecule has 17 heavy (non-hydrogen) atoms. The van der Waals surface area contributed by atoms with E-state index in [1.54, 1.807) is 0 Å². The normalized spacial score (nSPS) is 25.8. The highest BCUT2D eigenvalue weighted by atomic mass is 32.1. The maximum absolute atomic E-state index is 3.81. The molecule has 3 heteroatoms. The van der Waals surface area contributed by atoms with E-state index in [0.29, 0.717) is 17.5 Å². The second-order valence-electron chi connectivity index (χ2n) is 5.84. The third-order valence-electron chi connectivity index (χ3n) is 3.77. The molecule has 2 N–H and O–H groups in total. The Bertz CT molecular complexity index is 370. The van der Waals surface area contributed by atoms with Crippen molar-refractivity contribution in [2.24, 2.45) is 5.41 Å². The number of nitrogens with one attached hydrogen (secondary N) is 2. The molecule has 0 aliphatic carbocycles. The van der Waals surface area contributed by atoms with Gasteiger partial charge in [0.25, 0.3) is 0 Å². The molecule has 2 rings (SSSR count). The molecular weight excluding hydrogens is 228 g/mol. The molecule has 96 valence electrons. The highest BCUT2D eigenvalue weighted by molar-refractivity contribution is 7.12. The molecule has 1 aliphatic heterocycles. The zero-order valence-electron chi connectivity index (χ0n) is 11.3. The van der Waals surface area contributed by atoms with E-state index in [1.807, 2.05) is 11.3 Å². The van der Waals surface area contributed by atoms with Crippen molar-refractivity contribution < 1.29 is 0 Å². The van der Waals surface area contributed by atoms with Gasteiger partial charge in [0.05, 0.1) is 0 Å².